The normalized spacial score (nSPS) is 9.23. The van der Waals surface area contributed by atoms with Crippen LogP contribution in [0.1, 0.15) is 47.2 Å². The Balaban J connectivity index is 0. The summed E-state index contributed by atoms with van der Waals surface area (Å²) in [6.45, 7) is 12.0. The molecule has 1 heterocycles. The molecule has 0 atom stereocenters. The van der Waals surface area contributed by atoms with Gasteiger partial charge in [-0.05, 0) is 19.4 Å². The number of hydrogen-bond acceptors (Lipinski definition) is 2. The summed E-state index contributed by atoms with van der Waals surface area (Å²) in [4.78, 5) is 0. The fraction of sp³-hybridized carbons (Fsp3) is 0.600. The van der Waals surface area contributed by atoms with Gasteiger partial charge in [0.25, 0.3) is 0 Å². The second-order valence-corrected chi connectivity index (χ2v) is 1.83. The summed E-state index contributed by atoms with van der Waals surface area (Å²) < 4.78 is 0. The standard InChI is InChI=1S/C6H9N3.2C2H6/c1-3-5(2)6-4-7-9-8-6;2*1-2/h3-4H,1-2H3,(H,7,8,9);2*1-2H3/b5-3+;;. The highest BCUT2D eigenvalue weighted by atomic mass is 15.3. The maximum atomic E-state index is 3.88. The highest BCUT2D eigenvalue weighted by Crippen LogP contribution is 2.05. The maximum absolute atomic E-state index is 3.88. The molecule has 0 fully saturated rings. The first-order valence-electron chi connectivity index (χ1n) is 4.83. The van der Waals surface area contributed by atoms with Gasteiger partial charge < -0.3 is 0 Å². The van der Waals surface area contributed by atoms with Crippen LogP contribution in [0.4, 0.5) is 0 Å². The molecule has 0 saturated carbocycles. The molecule has 13 heavy (non-hydrogen) atoms. The summed E-state index contributed by atoms with van der Waals surface area (Å²) in [6, 6.07) is 0. The van der Waals surface area contributed by atoms with Crippen LogP contribution in [-0.4, -0.2) is 15.4 Å². The molecule has 0 aliphatic carbocycles. The van der Waals surface area contributed by atoms with E-state index in [1.807, 2.05) is 47.6 Å². The highest BCUT2D eigenvalue weighted by molar-refractivity contribution is 5.58. The first-order chi connectivity index (χ1) is 6.34. The maximum Gasteiger partial charge on any atom is 0.108 e. The third-order valence-electron chi connectivity index (χ3n) is 1.25. The monoisotopic (exact) mass is 183 g/mol. The fourth-order valence-electron chi connectivity index (χ4n) is 0.539. The lowest BCUT2D eigenvalue weighted by atomic mass is 10.2. The fourth-order valence-corrected chi connectivity index (χ4v) is 0.539. The topological polar surface area (TPSA) is 41.6 Å². The van der Waals surface area contributed by atoms with Crippen molar-refractivity contribution in [1.29, 1.82) is 0 Å². The van der Waals surface area contributed by atoms with E-state index in [-0.39, 0.29) is 0 Å². The van der Waals surface area contributed by atoms with Gasteiger partial charge in [0.2, 0.25) is 0 Å². The SMILES string of the molecule is C/C=C(\C)c1cn[nH]n1.CC.CC. The van der Waals surface area contributed by atoms with Crippen molar-refractivity contribution in [3.63, 3.8) is 0 Å². The molecule has 0 aliphatic rings. The van der Waals surface area contributed by atoms with E-state index in [0.29, 0.717) is 0 Å². The van der Waals surface area contributed by atoms with Crippen molar-refractivity contribution < 1.29 is 0 Å². The average molecular weight is 183 g/mol. The van der Waals surface area contributed by atoms with E-state index in [9.17, 15) is 0 Å². The van der Waals surface area contributed by atoms with Crippen LogP contribution < -0.4 is 0 Å². The minimum atomic E-state index is 0.914. The molecular weight excluding hydrogens is 162 g/mol. The van der Waals surface area contributed by atoms with E-state index < -0.39 is 0 Å². The van der Waals surface area contributed by atoms with Crippen LogP contribution >= 0.6 is 0 Å². The zero-order valence-electron chi connectivity index (χ0n) is 9.55. The Labute approximate surface area is 81.3 Å². The van der Waals surface area contributed by atoms with Gasteiger partial charge >= 0.3 is 0 Å². The number of nitrogens with zero attached hydrogens (tertiary/aromatic N) is 2. The zero-order chi connectivity index (χ0) is 10.7. The lowest BCUT2D eigenvalue weighted by Crippen LogP contribution is -1.76. The summed E-state index contributed by atoms with van der Waals surface area (Å²) in [6.07, 6.45) is 3.70. The second kappa shape index (κ2) is 10.9. The summed E-state index contributed by atoms with van der Waals surface area (Å²) >= 11 is 0. The largest absolute Gasteiger partial charge is 0.197 e. The van der Waals surface area contributed by atoms with Gasteiger partial charge in [0, 0.05) is 0 Å². The minimum Gasteiger partial charge on any atom is -0.197 e. The van der Waals surface area contributed by atoms with Crippen LogP contribution in [0, 0.1) is 0 Å². The lowest BCUT2D eigenvalue weighted by Gasteiger charge is -1.87. The van der Waals surface area contributed by atoms with Gasteiger partial charge in [-0.1, -0.05) is 33.8 Å². The second-order valence-electron chi connectivity index (χ2n) is 1.83. The molecule has 1 aromatic heterocycles. The minimum absolute atomic E-state index is 0.914. The Morgan fingerprint density at radius 1 is 1.31 bits per heavy atom. The van der Waals surface area contributed by atoms with Crippen LogP contribution in [0.25, 0.3) is 5.57 Å². The van der Waals surface area contributed by atoms with E-state index >= 15 is 0 Å². The predicted octanol–water partition coefficient (Wildman–Crippen LogP) is 3.28. The molecule has 0 aromatic carbocycles. The van der Waals surface area contributed by atoms with Crippen LogP contribution in [-0.2, 0) is 0 Å². The van der Waals surface area contributed by atoms with Crippen molar-refractivity contribution in [2.75, 3.05) is 0 Å². The lowest BCUT2D eigenvalue weighted by molar-refractivity contribution is 0.935. The molecule has 0 spiro atoms. The Morgan fingerprint density at radius 2 is 1.85 bits per heavy atom. The van der Waals surface area contributed by atoms with Crippen molar-refractivity contribution in [2.45, 2.75) is 41.5 Å². The van der Waals surface area contributed by atoms with Crippen molar-refractivity contribution in [2.24, 2.45) is 0 Å². The van der Waals surface area contributed by atoms with Crippen molar-refractivity contribution in [1.82, 2.24) is 15.4 Å². The number of rotatable bonds is 1. The summed E-state index contributed by atoms with van der Waals surface area (Å²) in [5.41, 5.74) is 2.06. The molecule has 0 amide bonds. The van der Waals surface area contributed by atoms with E-state index in [1.165, 1.54) is 0 Å². The van der Waals surface area contributed by atoms with E-state index in [4.69, 9.17) is 0 Å². The molecule has 0 saturated heterocycles. The van der Waals surface area contributed by atoms with E-state index in [0.717, 1.165) is 11.3 Å². The first kappa shape index (κ1) is 14.4. The number of nitrogens with one attached hydrogen (secondary N) is 1. The number of H-pyrrole nitrogens is 1. The average Bonchev–Trinajstić information content (AvgIpc) is 2.76. The van der Waals surface area contributed by atoms with Crippen LogP contribution in [0.3, 0.4) is 0 Å². The Bertz CT molecular complexity index is 200. The van der Waals surface area contributed by atoms with Crippen molar-refractivity contribution >= 4 is 5.57 Å². The quantitative estimate of drug-likeness (QED) is 0.726. The van der Waals surface area contributed by atoms with Crippen LogP contribution in [0.15, 0.2) is 12.3 Å². The molecule has 1 rings (SSSR count). The Hall–Kier alpha value is -1.12. The number of aromatic amines is 1. The number of allylic oxidation sites excluding steroid dienone is 2. The van der Waals surface area contributed by atoms with Gasteiger partial charge in [-0.2, -0.15) is 15.4 Å². The third-order valence-corrected chi connectivity index (χ3v) is 1.25. The summed E-state index contributed by atoms with van der Waals surface area (Å²) in [7, 11) is 0. The Kier molecular flexibility index (Phi) is 12.1. The highest BCUT2D eigenvalue weighted by Gasteiger charge is 1.93. The number of aromatic nitrogens is 3. The molecule has 0 unspecified atom stereocenters. The zero-order valence-corrected chi connectivity index (χ0v) is 9.55. The molecule has 1 N–H and O–H groups in total. The van der Waals surface area contributed by atoms with Gasteiger partial charge in [0.05, 0.1) is 6.20 Å². The molecular formula is C10H21N3. The van der Waals surface area contributed by atoms with Crippen molar-refractivity contribution in [3.8, 4) is 0 Å². The molecule has 76 valence electrons. The molecule has 1 aromatic rings. The first-order valence-corrected chi connectivity index (χ1v) is 4.83. The van der Waals surface area contributed by atoms with Gasteiger partial charge in [0.15, 0.2) is 0 Å². The Morgan fingerprint density at radius 3 is 2.15 bits per heavy atom. The molecule has 3 nitrogen and oxygen atoms in total. The molecule has 0 bridgehead atoms. The van der Waals surface area contributed by atoms with Gasteiger partial charge in [-0.25, -0.2) is 0 Å². The van der Waals surface area contributed by atoms with E-state index in [1.54, 1.807) is 6.20 Å². The third kappa shape index (κ3) is 6.08. The van der Waals surface area contributed by atoms with Gasteiger partial charge in [-0.3, -0.25) is 0 Å². The summed E-state index contributed by atoms with van der Waals surface area (Å²) in [5.74, 6) is 0. The molecule has 0 radical (unpaired) electrons. The van der Waals surface area contributed by atoms with Gasteiger partial charge in [-0.15, -0.1) is 0 Å². The van der Waals surface area contributed by atoms with E-state index in [2.05, 4.69) is 15.4 Å². The molecule has 3 heteroatoms. The number of hydrogen-bond donors (Lipinski definition) is 1. The summed E-state index contributed by atoms with van der Waals surface area (Å²) in [5, 5.41) is 10.1. The van der Waals surface area contributed by atoms with Crippen LogP contribution in [0.5, 0.6) is 0 Å². The van der Waals surface area contributed by atoms with Gasteiger partial charge in [0.1, 0.15) is 5.69 Å². The van der Waals surface area contributed by atoms with Crippen LogP contribution in [0.2, 0.25) is 0 Å². The smallest absolute Gasteiger partial charge is 0.108 e. The predicted molar refractivity (Wildman–Crippen MR) is 58.4 cm³/mol. The van der Waals surface area contributed by atoms with Crippen molar-refractivity contribution in [3.05, 3.63) is 18.0 Å². The molecule has 0 aliphatic heterocycles.